The van der Waals surface area contributed by atoms with Gasteiger partial charge in [-0.15, -0.1) is 5.10 Å². The molecule has 2 aromatic rings. The number of ether oxygens (including phenoxy) is 1. The number of amides is 1. The molecule has 2 rings (SSSR count). The molecule has 1 N–H and O–H groups in total. The topological polar surface area (TPSA) is 90.3 Å². The molecule has 0 fully saturated rings. The first-order chi connectivity index (χ1) is 13.5. The second-order valence-electron chi connectivity index (χ2n) is 7.15. The van der Waals surface area contributed by atoms with E-state index in [1.54, 1.807) is 28.9 Å². The SMILES string of the molecule is CC(C)Oc1cc(CCC(=O)NS(=O)(=O)C(C)C)n(Cc2ccc(Cl)cc2Cl)n1. The lowest BCUT2D eigenvalue weighted by Crippen LogP contribution is -2.35. The highest BCUT2D eigenvalue weighted by Gasteiger charge is 2.20. The Balaban J connectivity index is 2.19. The Labute approximate surface area is 181 Å². The molecule has 1 aromatic heterocycles. The van der Waals surface area contributed by atoms with Crippen LogP contribution in [0.4, 0.5) is 0 Å². The smallest absolute Gasteiger partial charge is 0.237 e. The zero-order valence-corrected chi connectivity index (χ0v) is 19.1. The molecule has 10 heteroatoms. The van der Waals surface area contributed by atoms with Crippen LogP contribution in [0.15, 0.2) is 24.3 Å². The average molecular weight is 462 g/mol. The van der Waals surface area contributed by atoms with Crippen molar-refractivity contribution in [1.29, 1.82) is 0 Å². The average Bonchev–Trinajstić information content (AvgIpc) is 2.95. The van der Waals surface area contributed by atoms with Gasteiger partial charge in [-0.25, -0.2) is 8.42 Å². The van der Waals surface area contributed by atoms with Crippen molar-refractivity contribution in [2.45, 2.75) is 58.4 Å². The Morgan fingerprint density at radius 3 is 2.48 bits per heavy atom. The van der Waals surface area contributed by atoms with E-state index >= 15 is 0 Å². The third kappa shape index (κ3) is 6.90. The third-order valence-corrected chi connectivity index (χ3v) is 6.36. The highest BCUT2D eigenvalue weighted by Crippen LogP contribution is 2.23. The summed E-state index contributed by atoms with van der Waals surface area (Å²) in [5.74, 6) is -0.141. The number of halogens is 2. The highest BCUT2D eigenvalue weighted by atomic mass is 35.5. The van der Waals surface area contributed by atoms with Crippen LogP contribution >= 0.6 is 23.2 Å². The Morgan fingerprint density at radius 1 is 1.21 bits per heavy atom. The molecule has 0 spiro atoms. The molecular formula is C19H25Cl2N3O4S. The molecule has 29 heavy (non-hydrogen) atoms. The zero-order valence-electron chi connectivity index (χ0n) is 16.8. The summed E-state index contributed by atoms with van der Waals surface area (Å²) in [5, 5.41) is 4.80. The summed E-state index contributed by atoms with van der Waals surface area (Å²) in [6.07, 6.45) is 0.219. The van der Waals surface area contributed by atoms with Crippen molar-refractivity contribution in [3.8, 4) is 5.88 Å². The maximum Gasteiger partial charge on any atom is 0.237 e. The largest absolute Gasteiger partial charge is 0.474 e. The number of carbonyl (C=O) groups excluding carboxylic acids is 1. The standard InChI is InChI=1S/C19H25Cl2N3O4S/c1-12(2)28-19-10-16(7-8-18(25)23-29(26,27)13(3)4)24(22-19)11-14-5-6-15(20)9-17(14)21/h5-6,9-10,12-13H,7-8,11H2,1-4H3,(H,23,25). The number of aromatic nitrogens is 2. The minimum atomic E-state index is -3.66. The van der Waals surface area contributed by atoms with E-state index < -0.39 is 21.2 Å². The number of rotatable bonds is 9. The van der Waals surface area contributed by atoms with Crippen LogP contribution in [0.1, 0.15) is 45.4 Å². The first kappa shape index (κ1) is 23.5. The molecule has 0 bridgehead atoms. The van der Waals surface area contributed by atoms with Crippen molar-refractivity contribution in [2.75, 3.05) is 0 Å². The second kappa shape index (κ2) is 9.82. The lowest BCUT2D eigenvalue weighted by atomic mass is 10.2. The summed E-state index contributed by atoms with van der Waals surface area (Å²) in [7, 11) is -3.66. The number of aryl methyl sites for hydroxylation is 1. The second-order valence-corrected chi connectivity index (χ2v) is 10.2. The maximum atomic E-state index is 12.1. The van der Waals surface area contributed by atoms with Crippen molar-refractivity contribution >= 4 is 39.1 Å². The third-order valence-electron chi connectivity index (χ3n) is 4.02. The molecule has 0 saturated heterocycles. The first-order valence-electron chi connectivity index (χ1n) is 9.19. The molecule has 1 heterocycles. The summed E-state index contributed by atoms with van der Waals surface area (Å²) in [6.45, 7) is 7.16. The summed E-state index contributed by atoms with van der Waals surface area (Å²) in [6, 6.07) is 6.94. The molecule has 0 aliphatic carbocycles. The van der Waals surface area contributed by atoms with Crippen molar-refractivity contribution in [3.63, 3.8) is 0 Å². The van der Waals surface area contributed by atoms with Crippen LogP contribution < -0.4 is 9.46 Å². The van der Waals surface area contributed by atoms with Crippen LogP contribution in [0.25, 0.3) is 0 Å². The van der Waals surface area contributed by atoms with Gasteiger partial charge in [0.15, 0.2) is 0 Å². The number of nitrogens with zero attached hydrogens (tertiary/aromatic N) is 2. The van der Waals surface area contributed by atoms with Gasteiger partial charge in [0.05, 0.1) is 17.9 Å². The van der Waals surface area contributed by atoms with Crippen LogP contribution in [0, 0.1) is 0 Å². The minimum Gasteiger partial charge on any atom is -0.474 e. The molecule has 0 aliphatic rings. The van der Waals surface area contributed by atoms with E-state index in [0.29, 0.717) is 28.9 Å². The number of hydrogen-bond donors (Lipinski definition) is 1. The molecule has 0 radical (unpaired) electrons. The first-order valence-corrected chi connectivity index (χ1v) is 11.5. The van der Waals surface area contributed by atoms with Gasteiger partial charge in [0, 0.05) is 28.2 Å². The van der Waals surface area contributed by atoms with Gasteiger partial charge >= 0.3 is 0 Å². The van der Waals surface area contributed by atoms with Gasteiger partial charge in [0.25, 0.3) is 0 Å². The minimum absolute atomic E-state index is 0.00683. The molecule has 1 aromatic carbocycles. The number of benzene rings is 1. The van der Waals surface area contributed by atoms with E-state index in [2.05, 4.69) is 9.82 Å². The lowest BCUT2D eigenvalue weighted by Gasteiger charge is -2.11. The number of carbonyl (C=O) groups is 1. The van der Waals surface area contributed by atoms with Gasteiger partial charge < -0.3 is 4.74 Å². The van der Waals surface area contributed by atoms with Crippen LogP contribution in [0.2, 0.25) is 10.0 Å². The summed E-state index contributed by atoms with van der Waals surface area (Å²) < 4.78 is 33.1. The van der Waals surface area contributed by atoms with Gasteiger partial charge in [-0.05, 0) is 51.8 Å². The van der Waals surface area contributed by atoms with Crippen LogP contribution in [0.5, 0.6) is 5.88 Å². The molecule has 0 saturated carbocycles. The Kier molecular flexibility index (Phi) is 7.96. The van der Waals surface area contributed by atoms with Crippen molar-refractivity contribution in [3.05, 3.63) is 45.6 Å². The number of sulfonamides is 1. The molecule has 0 atom stereocenters. The van der Waals surface area contributed by atoms with Gasteiger partial charge in [0.1, 0.15) is 0 Å². The predicted octanol–water partition coefficient (Wildman–Crippen LogP) is 3.81. The van der Waals surface area contributed by atoms with E-state index in [4.69, 9.17) is 27.9 Å². The van der Waals surface area contributed by atoms with E-state index in [1.807, 2.05) is 13.8 Å². The summed E-state index contributed by atoms with van der Waals surface area (Å²) in [5.41, 5.74) is 1.53. The molecule has 160 valence electrons. The van der Waals surface area contributed by atoms with E-state index in [-0.39, 0.29) is 12.5 Å². The normalized spacial score (nSPS) is 11.9. The fraction of sp³-hybridized carbons (Fsp3) is 0.474. The van der Waals surface area contributed by atoms with E-state index in [9.17, 15) is 13.2 Å². The molecular weight excluding hydrogens is 437 g/mol. The van der Waals surface area contributed by atoms with Crippen molar-refractivity contribution in [2.24, 2.45) is 0 Å². The Bertz CT molecular complexity index is 972. The summed E-state index contributed by atoms with van der Waals surface area (Å²) >= 11 is 12.2. The number of nitrogens with one attached hydrogen (secondary N) is 1. The fourth-order valence-electron chi connectivity index (χ4n) is 2.45. The van der Waals surface area contributed by atoms with Gasteiger partial charge in [0.2, 0.25) is 21.8 Å². The van der Waals surface area contributed by atoms with E-state index in [0.717, 1.165) is 11.3 Å². The van der Waals surface area contributed by atoms with Crippen molar-refractivity contribution in [1.82, 2.24) is 14.5 Å². The maximum absolute atomic E-state index is 12.1. The van der Waals surface area contributed by atoms with Gasteiger partial charge in [-0.2, -0.15) is 0 Å². The van der Waals surface area contributed by atoms with Crippen LogP contribution in [0.3, 0.4) is 0 Å². The summed E-state index contributed by atoms with van der Waals surface area (Å²) in [4.78, 5) is 12.1. The van der Waals surface area contributed by atoms with Gasteiger partial charge in [-0.3, -0.25) is 14.2 Å². The molecule has 7 nitrogen and oxygen atoms in total. The van der Waals surface area contributed by atoms with Crippen molar-refractivity contribution < 1.29 is 17.9 Å². The number of hydrogen-bond acceptors (Lipinski definition) is 5. The Morgan fingerprint density at radius 2 is 1.90 bits per heavy atom. The molecule has 0 unspecified atom stereocenters. The predicted molar refractivity (Wildman–Crippen MR) is 114 cm³/mol. The molecule has 0 aliphatic heterocycles. The van der Waals surface area contributed by atoms with Gasteiger partial charge in [-0.1, -0.05) is 29.3 Å². The van der Waals surface area contributed by atoms with Crippen LogP contribution in [-0.2, 0) is 27.8 Å². The fourth-order valence-corrected chi connectivity index (χ4v) is 3.57. The molecule has 1 amide bonds. The zero-order chi connectivity index (χ0) is 21.8. The lowest BCUT2D eigenvalue weighted by molar-refractivity contribution is -0.119. The van der Waals surface area contributed by atoms with E-state index in [1.165, 1.54) is 13.8 Å². The Hall–Kier alpha value is -1.77. The quantitative estimate of drug-likeness (QED) is 0.612. The van der Waals surface area contributed by atoms with Crippen LogP contribution in [-0.4, -0.2) is 35.5 Å². The monoisotopic (exact) mass is 461 g/mol. The highest BCUT2D eigenvalue weighted by molar-refractivity contribution is 7.90.